The quantitative estimate of drug-likeness (QED) is 0.0600. The summed E-state index contributed by atoms with van der Waals surface area (Å²) < 4.78 is 0. The predicted molar refractivity (Wildman–Crippen MR) is 277 cm³/mol. The van der Waals surface area contributed by atoms with E-state index in [1.807, 2.05) is 0 Å². The Bertz CT molecular complexity index is 683. The third-order valence-corrected chi connectivity index (χ3v) is 13.1. The molecule has 0 saturated carbocycles. The fraction of sp³-hybridized carbons (Fsp3) is 1.00. The van der Waals surface area contributed by atoms with Crippen LogP contribution in [0.15, 0.2) is 0 Å². The first-order chi connectivity index (χ1) is 29.9. The van der Waals surface area contributed by atoms with Crippen molar-refractivity contribution in [3.8, 4) is 0 Å². The van der Waals surface area contributed by atoms with Crippen LogP contribution in [0.3, 0.4) is 0 Å². The van der Waals surface area contributed by atoms with E-state index in [0.29, 0.717) is 0 Å². The van der Waals surface area contributed by atoms with E-state index < -0.39 is 0 Å². The minimum absolute atomic E-state index is 1.27. The number of rotatable bonds is 51. The summed E-state index contributed by atoms with van der Waals surface area (Å²) in [5.74, 6) is 0. The summed E-state index contributed by atoms with van der Waals surface area (Å²) in [6, 6.07) is 0. The first-order valence-electron chi connectivity index (χ1n) is 28.0. The van der Waals surface area contributed by atoms with E-state index in [9.17, 15) is 0 Å². The second-order valence-corrected chi connectivity index (χ2v) is 19.2. The van der Waals surface area contributed by atoms with Crippen LogP contribution in [0.5, 0.6) is 0 Å². The van der Waals surface area contributed by atoms with Crippen LogP contribution >= 0.6 is 0 Å². The summed E-state index contributed by atoms with van der Waals surface area (Å²) in [5, 5.41) is 0. The maximum absolute atomic E-state index is 2.88. The van der Waals surface area contributed by atoms with Crippen LogP contribution in [0.25, 0.3) is 0 Å². The molecule has 0 atom stereocenters. The van der Waals surface area contributed by atoms with Gasteiger partial charge in [0, 0.05) is 0 Å². The molecule has 0 aromatic heterocycles. The zero-order valence-corrected chi connectivity index (χ0v) is 44.0. The molecule has 368 valence electrons. The minimum atomic E-state index is 1.27. The Hall–Kier alpha value is -0.280. The van der Waals surface area contributed by atoms with Gasteiger partial charge in [-0.25, -0.2) is 0 Å². The van der Waals surface area contributed by atoms with Gasteiger partial charge in [0.25, 0.3) is 0 Å². The van der Waals surface area contributed by atoms with Crippen LogP contribution in [-0.4, -0.2) is 172 Å². The van der Waals surface area contributed by atoms with Gasteiger partial charge >= 0.3 is 0 Å². The Kier molecular flexibility index (Phi) is 47.5. The van der Waals surface area contributed by atoms with Gasteiger partial charge in [-0.1, -0.05) is 120 Å². The van der Waals surface area contributed by atoms with E-state index in [4.69, 9.17) is 0 Å². The van der Waals surface area contributed by atoms with E-state index >= 15 is 0 Å². The molecule has 0 amide bonds. The highest BCUT2D eigenvalue weighted by Gasteiger charge is 2.14. The molecule has 0 aromatic carbocycles. The van der Waals surface area contributed by atoms with Gasteiger partial charge < -0.3 is 34.3 Å². The van der Waals surface area contributed by atoms with Crippen molar-refractivity contribution in [2.24, 2.45) is 0 Å². The van der Waals surface area contributed by atoms with Crippen LogP contribution in [0.1, 0.15) is 216 Å². The largest absolute Gasteiger partial charge is 0.303 e. The van der Waals surface area contributed by atoms with Gasteiger partial charge in [-0.2, -0.15) is 0 Å². The van der Waals surface area contributed by atoms with Gasteiger partial charge in [0.15, 0.2) is 0 Å². The molecule has 0 spiro atoms. The standard InChI is InChI=1S/C54H117N7/c1-10-19-34-55(35-20-11-2)43-28-49-60(50-29-44-56(36-21-12-3)37-22-13-4)53-32-47-59(42-27-18-9)48-33-54-61(51-30-45-57(38-23-14-5)39-24-15-6)52-31-46-58(40-25-16-7)41-26-17-8/h10-54H2,1-9H3. The average molecular weight is 865 g/mol. The van der Waals surface area contributed by atoms with Crippen molar-refractivity contribution in [1.29, 1.82) is 0 Å². The summed E-state index contributed by atoms with van der Waals surface area (Å²) in [6.07, 6.45) is 31.8. The molecule has 0 saturated heterocycles. The molecule has 7 nitrogen and oxygen atoms in total. The van der Waals surface area contributed by atoms with E-state index in [1.54, 1.807) is 0 Å². The Morgan fingerprint density at radius 1 is 0.131 bits per heavy atom. The normalized spacial score (nSPS) is 12.4. The smallest absolute Gasteiger partial charge is 0.000653 e. The molecule has 0 aliphatic heterocycles. The third-order valence-electron chi connectivity index (χ3n) is 13.1. The zero-order valence-electron chi connectivity index (χ0n) is 44.0. The minimum Gasteiger partial charge on any atom is -0.303 e. The monoisotopic (exact) mass is 864 g/mol. The summed E-state index contributed by atoms with van der Waals surface area (Å²) >= 11 is 0. The number of unbranched alkanes of at least 4 members (excludes halogenated alkanes) is 9. The second kappa shape index (κ2) is 47.7. The van der Waals surface area contributed by atoms with Gasteiger partial charge in [0.2, 0.25) is 0 Å². The number of nitrogens with zero attached hydrogens (tertiary/aromatic N) is 7. The van der Waals surface area contributed by atoms with Crippen molar-refractivity contribution in [3.05, 3.63) is 0 Å². The SMILES string of the molecule is CCCCN(CCCC)CCCN(CCCN(CCCC)CCCC)CCCN(CCCC)CCCN(CCCN(CCCC)CCCC)CCCN(CCCC)CCCC. The Morgan fingerprint density at radius 2 is 0.213 bits per heavy atom. The highest BCUT2D eigenvalue weighted by molar-refractivity contribution is 4.70. The van der Waals surface area contributed by atoms with Crippen LogP contribution in [0.4, 0.5) is 0 Å². The van der Waals surface area contributed by atoms with Crippen LogP contribution in [0, 0.1) is 0 Å². The molecule has 0 bridgehead atoms. The predicted octanol–water partition coefficient (Wildman–Crippen LogP) is 12.6. The maximum atomic E-state index is 2.88. The molecule has 0 rings (SSSR count). The molecule has 0 radical (unpaired) electrons. The molecule has 0 aliphatic carbocycles. The van der Waals surface area contributed by atoms with Crippen molar-refractivity contribution in [2.75, 3.05) is 137 Å². The molecular weight excluding hydrogens is 747 g/mol. The van der Waals surface area contributed by atoms with Crippen LogP contribution in [-0.2, 0) is 0 Å². The molecule has 7 heteroatoms. The van der Waals surface area contributed by atoms with E-state index in [-0.39, 0.29) is 0 Å². The summed E-state index contributed by atoms with van der Waals surface area (Å²) in [4.78, 5) is 19.7. The molecule has 0 unspecified atom stereocenters. The molecular formula is C54H117N7. The van der Waals surface area contributed by atoms with E-state index in [1.165, 1.54) is 292 Å². The third kappa shape index (κ3) is 38.7. The van der Waals surface area contributed by atoms with Gasteiger partial charge in [-0.05, 0) is 234 Å². The summed E-state index contributed by atoms with van der Waals surface area (Å²) in [5.41, 5.74) is 0. The summed E-state index contributed by atoms with van der Waals surface area (Å²) in [6.45, 7) is 48.0. The average Bonchev–Trinajstić information content (AvgIpc) is 3.27. The van der Waals surface area contributed by atoms with Gasteiger partial charge in [-0.3, -0.25) is 0 Å². The van der Waals surface area contributed by atoms with Crippen molar-refractivity contribution >= 4 is 0 Å². The van der Waals surface area contributed by atoms with Crippen molar-refractivity contribution < 1.29 is 0 Å². The Morgan fingerprint density at radius 3 is 0.295 bits per heavy atom. The van der Waals surface area contributed by atoms with Crippen molar-refractivity contribution in [2.45, 2.75) is 216 Å². The lowest BCUT2D eigenvalue weighted by molar-refractivity contribution is 0.180. The summed E-state index contributed by atoms with van der Waals surface area (Å²) in [7, 11) is 0. The van der Waals surface area contributed by atoms with Gasteiger partial charge in [-0.15, -0.1) is 0 Å². The van der Waals surface area contributed by atoms with Gasteiger partial charge in [0.05, 0.1) is 0 Å². The molecule has 0 heterocycles. The first-order valence-corrected chi connectivity index (χ1v) is 28.0. The Labute approximate surface area is 386 Å². The second-order valence-electron chi connectivity index (χ2n) is 19.2. The number of hydrogen-bond acceptors (Lipinski definition) is 7. The topological polar surface area (TPSA) is 22.7 Å². The molecule has 0 fully saturated rings. The highest BCUT2D eigenvalue weighted by Crippen LogP contribution is 2.10. The lowest BCUT2D eigenvalue weighted by atomic mass is 10.2. The van der Waals surface area contributed by atoms with Crippen molar-refractivity contribution in [3.63, 3.8) is 0 Å². The molecule has 0 N–H and O–H groups in total. The van der Waals surface area contributed by atoms with Crippen LogP contribution < -0.4 is 0 Å². The van der Waals surface area contributed by atoms with Crippen molar-refractivity contribution in [1.82, 2.24) is 34.3 Å². The van der Waals surface area contributed by atoms with Gasteiger partial charge in [0.1, 0.15) is 0 Å². The maximum Gasteiger partial charge on any atom is -0.000653 e. The molecule has 0 aliphatic rings. The lowest BCUT2D eigenvalue weighted by Crippen LogP contribution is -2.37. The number of hydrogen-bond donors (Lipinski definition) is 0. The fourth-order valence-corrected chi connectivity index (χ4v) is 8.89. The van der Waals surface area contributed by atoms with Crippen LogP contribution in [0.2, 0.25) is 0 Å². The molecule has 0 aromatic rings. The Balaban J connectivity index is 5.59. The molecule has 61 heavy (non-hydrogen) atoms. The van der Waals surface area contributed by atoms with E-state index in [2.05, 4.69) is 96.6 Å². The highest BCUT2D eigenvalue weighted by atomic mass is 15.2. The van der Waals surface area contributed by atoms with E-state index in [0.717, 1.165) is 0 Å². The lowest BCUT2D eigenvalue weighted by Gasteiger charge is -2.30. The fourth-order valence-electron chi connectivity index (χ4n) is 8.89. The zero-order chi connectivity index (χ0) is 44.9. The first kappa shape index (κ1) is 60.7.